The minimum atomic E-state index is -0.644. The molecule has 0 radical (unpaired) electrons. The summed E-state index contributed by atoms with van der Waals surface area (Å²) in [6, 6.07) is 13.7. The Morgan fingerprint density at radius 1 is 1.14 bits per heavy atom. The van der Waals surface area contributed by atoms with Crippen molar-refractivity contribution in [1.29, 1.82) is 0 Å². The van der Waals surface area contributed by atoms with Crippen LogP contribution in [0.4, 0.5) is 4.39 Å². The molecular formula is C23H24FN3O2. The lowest BCUT2D eigenvalue weighted by molar-refractivity contribution is -0.129. The zero-order chi connectivity index (χ0) is 20.2. The predicted molar refractivity (Wildman–Crippen MR) is 110 cm³/mol. The van der Waals surface area contributed by atoms with Crippen molar-refractivity contribution in [3.63, 3.8) is 0 Å². The summed E-state index contributed by atoms with van der Waals surface area (Å²) in [5.74, 6) is -0.689. The Morgan fingerprint density at radius 3 is 2.76 bits per heavy atom. The maximum Gasteiger partial charge on any atom is 0.243 e. The Hall–Kier alpha value is -3.15. The van der Waals surface area contributed by atoms with Gasteiger partial charge in [-0.3, -0.25) is 9.59 Å². The first-order valence-corrected chi connectivity index (χ1v) is 9.97. The van der Waals surface area contributed by atoms with E-state index in [-0.39, 0.29) is 30.1 Å². The Morgan fingerprint density at radius 2 is 1.97 bits per heavy atom. The summed E-state index contributed by atoms with van der Waals surface area (Å²) >= 11 is 0. The van der Waals surface area contributed by atoms with Crippen LogP contribution in [0.25, 0.3) is 10.9 Å². The number of aromatic amines is 1. The van der Waals surface area contributed by atoms with Gasteiger partial charge >= 0.3 is 0 Å². The highest BCUT2D eigenvalue weighted by Crippen LogP contribution is 2.21. The van der Waals surface area contributed by atoms with E-state index in [9.17, 15) is 14.0 Å². The number of nitrogens with one attached hydrogen (secondary N) is 3. The Balaban J connectivity index is 1.43. The van der Waals surface area contributed by atoms with E-state index in [1.165, 1.54) is 12.1 Å². The molecule has 0 bridgehead atoms. The second kappa shape index (κ2) is 8.47. The molecular weight excluding hydrogens is 369 g/mol. The lowest BCUT2D eigenvalue weighted by Gasteiger charge is -2.18. The Kier molecular flexibility index (Phi) is 5.60. The van der Waals surface area contributed by atoms with Crippen molar-refractivity contribution in [1.82, 2.24) is 15.6 Å². The molecule has 0 aliphatic heterocycles. The number of aromatic nitrogens is 1. The van der Waals surface area contributed by atoms with Gasteiger partial charge in [0, 0.05) is 36.0 Å². The second-order valence-electron chi connectivity index (χ2n) is 7.60. The molecule has 29 heavy (non-hydrogen) atoms. The van der Waals surface area contributed by atoms with E-state index in [0.717, 1.165) is 34.9 Å². The first-order chi connectivity index (χ1) is 14.1. The number of benzene rings is 2. The van der Waals surface area contributed by atoms with Crippen LogP contribution in [0.3, 0.4) is 0 Å². The molecule has 1 saturated carbocycles. The summed E-state index contributed by atoms with van der Waals surface area (Å²) in [5, 5.41) is 6.91. The number of carbonyl (C=O) groups is 2. The van der Waals surface area contributed by atoms with E-state index in [1.54, 1.807) is 12.1 Å². The molecule has 2 amide bonds. The lowest BCUT2D eigenvalue weighted by Crippen LogP contribution is -2.48. The molecule has 0 saturated heterocycles. The fourth-order valence-electron chi connectivity index (χ4n) is 3.48. The fraction of sp³-hybridized carbons (Fsp3) is 0.304. The molecule has 1 fully saturated rings. The van der Waals surface area contributed by atoms with Crippen LogP contribution >= 0.6 is 0 Å². The van der Waals surface area contributed by atoms with Crippen LogP contribution in [0.2, 0.25) is 0 Å². The summed E-state index contributed by atoms with van der Waals surface area (Å²) in [6.07, 6.45) is 4.89. The molecule has 6 heteroatoms. The number of hydrogen-bond acceptors (Lipinski definition) is 2. The van der Waals surface area contributed by atoms with Crippen LogP contribution in [-0.4, -0.2) is 28.9 Å². The van der Waals surface area contributed by atoms with E-state index < -0.39 is 6.04 Å². The molecule has 1 aliphatic carbocycles. The van der Waals surface area contributed by atoms with Gasteiger partial charge in [-0.1, -0.05) is 30.3 Å². The second-order valence-corrected chi connectivity index (χ2v) is 7.60. The number of carbonyl (C=O) groups excluding carboxylic acids is 2. The molecule has 1 atom stereocenters. The smallest absolute Gasteiger partial charge is 0.243 e. The zero-order valence-electron chi connectivity index (χ0n) is 16.1. The largest absolute Gasteiger partial charge is 0.361 e. The summed E-state index contributed by atoms with van der Waals surface area (Å²) in [6.45, 7) is 0. The molecule has 1 aromatic heterocycles. The molecule has 1 heterocycles. The highest BCUT2D eigenvalue weighted by atomic mass is 19.1. The van der Waals surface area contributed by atoms with Gasteiger partial charge in [-0.25, -0.2) is 4.39 Å². The van der Waals surface area contributed by atoms with E-state index in [1.807, 2.05) is 30.5 Å². The molecule has 3 aromatic rings. The van der Waals surface area contributed by atoms with Gasteiger partial charge < -0.3 is 15.6 Å². The minimum Gasteiger partial charge on any atom is -0.361 e. The number of rotatable bonds is 8. The van der Waals surface area contributed by atoms with E-state index >= 15 is 0 Å². The van der Waals surface area contributed by atoms with Crippen LogP contribution < -0.4 is 10.6 Å². The average Bonchev–Trinajstić information content (AvgIpc) is 3.44. The van der Waals surface area contributed by atoms with Crippen LogP contribution in [0, 0.1) is 5.82 Å². The van der Waals surface area contributed by atoms with Crippen LogP contribution in [0.15, 0.2) is 54.7 Å². The van der Waals surface area contributed by atoms with Crippen LogP contribution in [-0.2, 0) is 22.4 Å². The highest BCUT2D eigenvalue weighted by molar-refractivity contribution is 5.90. The quantitative estimate of drug-likeness (QED) is 0.550. The summed E-state index contributed by atoms with van der Waals surface area (Å²) < 4.78 is 13.3. The van der Waals surface area contributed by atoms with Crippen molar-refractivity contribution in [3.8, 4) is 0 Å². The predicted octanol–water partition coefficient (Wildman–Crippen LogP) is 3.25. The third kappa shape index (κ3) is 5.02. The van der Waals surface area contributed by atoms with Gasteiger partial charge in [-0.15, -0.1) is 0 Å². The number of amides is 2. The van der Waals surface area contributed by atoms with E-state index in [2.05, 4.69) is 15.6 Å². The van der Waals surface area contributed by atoms with Crippen molar-refractivity contribution in [2.45, 2.75) is 44.2 Å². The SMILES string of the molecule is O=C(CCc1cccc(F)c1)NC(Cc1c[nH]c2ccccc12)C(=O)NC1CC1. The summed E-state index contributed by atoms with van der Waals surface area (Å²) in [4.78, 5) is 28.5. The van der Waals surface area contributed by atoms with Gasteiger partial charge in [0.25, 0.3) is 0 Å². The monoisotopic (exact) mass is 393 g/mol. The van der Waals surface area contributed by atoms with Crippen LogP contribution in [0.5, 0.6) is 0 Å². The molecule has 150 valence electrons. The van der Waals surface area contributed by atoms with Gasteiger partial charge in [0.2, 0.25) is 11.8 Å². The molecule has 4 rings (SSSR count). The molecule has 3 N–H and O–H groups in total. The number of fused-ring (bicyclic) bond motifs is 1. The normalized spacial score (nSPS) is 14.5. The van der Waals surface area contributed by atoms with Gasteiger partial charge in [0.1, 0.15) is 11.9 Å². The number of hydrogen-bond donors (Lipinski definition) is 3. The van der Waals surface area contributed by atoms with E-state index in [0.29, 0.717) is 12.8 Å². The molecule has 0 spiro atoms. The maximum atomic E-state index is 13.3. The maximum absolute atomic E-state index is 13.3. The van der Waals surface area contributed by atoms with Gasteiger partial charge in [0.05, 0.1) is 0 Å². The Bertz CT molecular complexity index is 1030. The van der Waals surface area contributed by atoms with Crippen molar-refractivity contribution in [3.05, 3.63) is 71.7 Å². The molecule has 2 aromatic carbocycles. The Labute approximate surface area is 168 Å². The standard InChI is InChI=1S/C23H24FN3O2/c24-17-5-3-4-15(12-17)8-11-22(28)27-21(23(29)26-18-9-10-18)13-16-14-25-20-7-2-1-6-19(16)20/h1-7,12,14,18,21,25H,8-11,13H2,(H,26,29)(H,27,28). The van der Waals surface area contributed by atoms with Crippen molar-refractivity contribution in [2.24, 2.45) is 0 Å². The van der Waals surface area contributed by atoms with Crippen LogP contribution in [0.1, 0.15) is 30.4 Å². The first kappa shape index (κ1) is 19.2. The third-order valence-electron chi connectivity index (χ3n) is 5.20. The number of aryl methyl sites for hydroxylation is 1. The molecule has 5 nitrogen and oxygen atoms in total. The summed E-state index contributed by atoms with van der Waals surface area (Å²) in [5.41, 5.74) is 2.75. The third-order valence-corrected chi connectivity index (χ3v) is 5.20. The zero-order valence-corrected chi connectivity index (χ0v) is 16.1. The average molecular weight is 393 g/mol. The van der Waals surface area contributed by atoms with Gasteiger partial charge in [-0.05, 0) is 48.6 Å². The van der Waals surface area contributed by atoms with Crippen molar-refractivity contribution in [2.75, 3.05) is 0 Å². The topological polar surface area (TPSA) is 74.0 Å². The van der Waals surface area contributed by atoms with Gasteiger partial charge in [-0.2, -0.15) is 0 Å². The van der Waals surface area contributed by atoms with E-state index in [4.69, 9.17) is 0 Å². The van der Waals surface area contributed by atoms with Crippen molar-refractivity contribution >= 4 is 22.7 Å². The first-order valence-electron chi connectivity index (χ1n) is 9.97. The number of para-hydroxylation sites is 1. The fourth-order valence-corrected chi connectivity index (χ4v) is 3.48. The lowest BCUT2D eigenvalue weighted by atomic mass is 10.0. The molecule has 1 aliphatic rings. The van der Waals surface area contributed by atoms with Gasteiger partial charge in [0.15, 0.2) is 0 Å². The molecule has 1 unspecified atom stereocenters. The van der Waals surface area contributed by atoms with Crippen molar-refractivity contribution < 1.29 is 14.0 Å². The number of H-pyrrole nitrogens is 1. The number of halogens is 1. The highest BCUT2D eigenvalue weighted by Gasteiger charge is 2.29. The minimum absolute atomic E-state index is 0.156. The summed E-state index contributed by atoms with van der Waals surface area (Å²) in [7, 11) is 0.